The normalized spacial score (nSPS) is 14.2. The zero-order valence-corrected chi connectivity index (χ0v) is 11.8. The van der Waals surface area contributed by atoms with Gasteiger partial charge in [0.2, 0.25) is 0 Å². The lowest BCUT2D eigenvalue weighted by Crippen LogP contribution is -2.15. The number of nitrogens with zero attached hydrogens (tertiary/aromatic N) is 3. The molecule has 1 atom stereocenters. The van der Waals surface area contributed by atoms with Crippen LogP contribution in [0.25, 0.3) is 17.1 Å². The van der Waals surface area contributed by atoms with E-state index < -0.39 is 0 Å². The number of rotatable bonds is 2. The summed E-state index contributed by atoms with van der Waals surface area (Å²) in [5.74, 6) is 0. The molecule has 1 unspecified atom stereocenters. The molecule has 0 aromatic carbocycles. The van der Waals surface area contributed by atoms with Gasteiger partial charge >= 0.3 is 0 Å². The van der Waals surface area contributed by atoms with Gasteiger partial charge in [-0.2, -0.15) is 5.10 Å². The number of pyridine rings is 1. The third-order valence-electron chi connectivity index (χ3n) is 3.08. The molecule has 0 spiro atoms. The van der Waals surface area contributed by atoms with E-state index in [1.807, 2.05) is 40.0 Å². The summed E-state index contributed by atoms with van der Waals surface area (Å²) < 4.78 is 1.74. The average molecular weight is 265 g/mol. The molecule has 0 radical (unpaired) electrons. The Balaban J connectivity index is 2.63. The van der Waals surface area contributed by atoms with Crippen LogP contribution in [0.1, 0.15) is 25.1 Å². The lowest BCUT2D eigenvalue weighted by molar-refractivity contribution is 0.774. The Morgan fingerprint density at radius 1 is 1.56 bits per heavy atom. The van der Waals surface area contributed by atoms with Crippen molar-refractivity contribution in [2.24, 2.45) is 12.8 Å². The predicted molar refractivity (Wildman–Crippen MR) is 75.6 cm³/mol. The van der Waals surface area contributed by atoms with Gasteiger partial charge in [-0.15, -0.1) is 0 Å². The van der Waals surface area contributed by atoms with Crippen LogP contribution in [0.5, 0.6) is 0 Å². The second kappa shape index (κ2) is 4.71. The number of hydrogen-bond acceptors (Lipinski definition) is 3. The smallest absolute Gasteiger partial charge is 0.159 e. The first-order valence-electron chi connectivity index (χ1n) is 5.83. The lowest BCUT2D eigenvalue weighted by atomic mass is 10.1. The highest BCUT2D eigenvalue weighted by Gasteiger charge is 2.10. The number of halogens is 1. The van der Waals surface area contributed by atoms with Gasteiger partial charge in [0.15, 0.2) is 5.65 Å². The summed E-state index contributed by atoms with van der Waals surface area (Å²) in [5, 5.41) is 5.83. The molecule has 4 nitrogen and oxygen atoms in total. The minimum atomic E-state index is 0.00626. The molecule has 2 heterocycles. The first-order valence-corrected chi connectivity index (χ1v) is 6.21. The Kier molecular flexibility index (Phi) is 3.41. The SMILES string of the molecule is C/C(=C\c1cc2c(C)nn(C)c2nc1Cl)C(C)N. The van der Waals surface area contributed by atoms with Gasteiger partial charge in [-0.25, -0.2) is 4.98 Å². The van der Waals surface area contributed by atoms with E-state index in [0.717, 1.165) is 27.9 Å². The topological polar surface area (TPSA) is 56.7 Å². The number of hydrogen-bond donors (Lipinski definition) is 1. The molecule has 0 bridgehead atoms. The fraction of sp³-hybridized carbons (Fsp3) is 0.385. The molecule has 0 amide bonds. The molecular weight excluding hydrogens is 248 g/mol. The van der Waals surface area contributed by atoms with Gasteiger partial charge < -0.3 is 5.73 Å². The first-order chi connectivity index (χ1) is 8.40. The van der Waals surface area contributed by atoms with E-state index in [4.69, 9.17) is 17.3 Å². The molecule has 18 heavy (non-hydrogen) atoms. The minimum absolute atomic E-state index is 0.00626. The van der Waals surface area contributed by atoms with Gasteiger partial charge in [0.05, 0.1) is 5.69 Å². The molecule has 0 saturated heterocycles. The van der Waals surface area contributed by atoms with Crippen LogP contribution in [0.3, 0.4) is 0 Å². The largest absolute Gasteiger partial charge is 0.324 e. The maximum atomic E-state index is 6.20. The molecule has 96 valence electrons. The van der Waals surface area contributed by atoms with E-state index in [1.165, 1.54) is 0 Å². The quantitative estimate of drug-likeness (QED) is 0.849. The summed E-state index contributed by atoms with van der Waals surface area (Å²) in [5.41, 5.74) is 9.53. The van der Waals surface area contributed by atoms with Gasteiger partial charge in [0.1, 0.15) is 5.15 Å². The molecule has 0 saturated carbocycles. The summed E-state index contributed by atoms with van der Waals surface area (Å²) in [6.45, 7) is 5.89. The molecule has 2 N–H and O–H groups in total. The summed E-state index contributed by atoms with van der Waals surface area (Å²) >= 11 is 6.20. The highest BCUT2D eigenvalue weighted by Crippen LogP contribution is 2.24. The van der Waals surface area contributed by atoms with Crippen molar-refractivity contribution < 1.29 is 0 Å². The molecule has 0 aliphatic rings. The number of aromatic nitrogens is 3. The van der Waals surface area contributed by atoms with Crippen LogP contribution in [0.15, 0.2) is 11.6 Å². The lowest BCUT2D eigenvalue weighted by Gasteiger charge is -2.06. The molecule has 0 aliphatic heterocycles. The zero-order chi connectivity index (χ0) is 13.4. The van der Waals surface area contributed by atoms with Crippen LogP contribution in [0, 0.1) is 6.92 Å². The van der Waals surface area contributed by atoms with E-state index in [1.54, 1.807) is 4.68 Å². The second-order valence-electron chi connectivity index (χ2n) is 4.63. The highest BCUT2D eigenvalue weighted by molar-refractivity contribution is 6.31. The van der Waals surface area contributed by atoms with E-state index >= 15 is 0 Å². The summed E-state index contributed by atoms with van der Waals surface area (Å²) in [4.78, 5) is 4.39. The Morgan fingerprint density at radius 3 is 2.83 bits per heavy atom. The van der Waals surface area contributed by atoms with Gasteiger partial charge in [0.25, 0.3) is 0 Å². The van der Waals surface area contributed by atoms with Gasteiger partial charge in [-0.1, -0.05) is 23.3 Å². The third kappa shape index (κ3) is 2.26. The van der Waals surface area contributed by atoms with Crippen LogP contribution >= 0.6 is 11.6 Å². The van der Waals surface area contributed by atoms with Crippen LogP contribution in [-0.2, 0) is 7.05 Å². The van der Waals surface area contributed by atoms with E-state index in [2.05, 4.69) is 10.1 Å². The van der Waals surface area contributed by atoms with E-state index in [-0.39, 0.29) is 6.04 Å². The average Bonchev–Trinajstić information content (AvgIpc) is 2.55. The van der Waals surface area contributed by atoms with Gasteiger partial charge in [-0.05, 0) is 26.8 Å². The summed E-state index contributed by atoms with van der Waals surface area (Å²) in [6.07, 6.45) is 1.98. The maximum Gasteiger partial charge on any atom is 0.159 e. The maximum absolute atomic E-state index is 6.20. The standard InChI is InChI=1S/C13H17ClN4/c1-7(8(2)15)5-10-6-11-9(3)17-18(4)13(11)16-12(10)14/h5-6,8H,15H2,1-4H3/b7-5+. The van der Waals surface area contributed by atoms with Crippen LogP contribution < -0.4 is 5.73 Å². The van der Waals surface area contributed by atoms with Crippen molar-refractivity contribution in [2.45, 2.75) is 26.8 Å². The van der Waals surface area contributed by atoms with Crippen LogP contribution in [0.4, 0.5) is 0 Å². The van der Waals surface area contributed by atoms with Crippen molar-refractivity contribution in [1.82, 2.24) is 14.8 Å². The van der Waals surface area contributed by atoms with Crippen molar-refractivity contribution in [3.63, 3.8) is 0 Å². The van der Waals surface area contributed by atoms with Gasteiger partial charge in [-0.3, -0.25) is 4.68 Å². The molecule has 2 rings (SSSR count). The number of fused-ring (bicyclic) bond motifs is 1. The third-order valence-corrected chi connectivity index (χ3v) is 3.38. The van der Waals surface area contributed by atoms with Crippen molar-refractivity contribution in [2.75, 3.05) is 0 Å². The number of aryl methyl sites for hydroxylation is 2. The number of nitrogens with two attached hydrogens (primary N) is 1. The molecule has 2 aromatic heterocycles. The molecule has 0 aliphatic carbocycles. The summed E-state index contributed by atoms with van der Waals surface area (Å²) in [7, 11) is 1.86. The Morgan fingerprint density at radius 2 is 2.22 bits per heavy atom. The Labute approximate surface area is 111 Å². The Hall–Kier alpha value is -1.39. The fourth-order valence-corrected chi connectivity index (χ4v) is 2.00. The first kappa shape index (κ1) is 13.1. The van der Waals surface area contributed by atoms with Crippen molar-refractivity contribution >= 4 is 28.7 Å². The van der Waals surface area contributed by atoms with Crippen LogP contribution in [0.2, 0.25) is 5.15 Å². The van der Waals surface area contributed by atoms with E-state index in [9.17, 15) is 0 Å². The van der Waals surface area contributed by atoms with Crippen molar-refractivity contribution in [1.29, 1.82) is 0 Å². The van der Waals surface area contributed by atoms with Crippen LogP contribution in [-0.4, -0.2) is 20.8 Å². The predicted octanol–water partition coefficient (Wildman–Crippen LogP) is 2.68. The Bertz CT molecular complexity index is 625. The second-order valence-corrected chi connectivity index (χ2v) is 4.98. The molecule has 5 heteroatoms. The van der Waals surface area contributed by atoms with Crippen molar-refractivity contribution in [3.8, 4) is 0 Å². The molecule has 2 aromatic rings. The molecular formula is C13H17ClN4. The fourth-order valence-electron chi connectivity index (χ4n) is 1.81. The van der Waals surface area contributed by atoms with Crippen molar-refractivity contribution in [3.05, 3.63) is 28.0 Å². The van der Waals surface area contributed by atoms with E-state index in [0.29, 0.717) is 5.15 Å². The zero-order valence-electron chi connectivity index (χ0n) is 11.0. The monoisotopic (exact) mass is 264 g/mol. The highest BCUT2D eigenvalue weighted by atomic mass is 35.5. The van der Waals surface area contributed by atoms with Gasteiger partial charge in [0, 0.05) is 24.0 Å². The molecule has 0 fully saturated rings. The minimum Gasteiger partial charge on any atom is -0.324 e. The summed E-state index contributed by atoms with van der Waals surface area (Å²) in [6, 6.07) is 2.02.